The van der Waals surface area contributed by atoms with Crippen molar-refractivity contribution in [2.45, 2.75) is 322 Å². The minimum Gasteiger partial charge on any atom is -0.462 e. The number of carbonyl (C=O) groups excluding carboxylic acids is 3. The Morgan fingerprint density at radius 1 is 0.266 bits per heavy atom. The molecule has 6 heteroatoms. The van der Waals surface area contributed by atoms with E-state index in [1.165, 1.54) is 154 Å². The van der Waals surface area contributed by atoms with Gasteiger partial charge in [-0.1, -0.05) is 278 Å². The Morgan fingerprint density at radius 2 is 0.494 bits per heavy atom. The number of hydrogen-bond acceptors (Lipinski definition) is 6. The predicted octanol–water partition coefficient (Wildman–Crippen LogP) is 23.0. The molecule has 0 aliphatic carbocycles. The van der Waals surface area contributed by atoms with Gasteiger partial charge in [0, 0.05) is 19.3 Å². The van der Waals surface area contributed by atoms with Crippen molar-refractivity contribution in [1.29, 1.82) is 0 Å². The summed E-state index contributed by atoms with van der Waals surface area (Å²) in [7, 11) is 0. The van der Waals surface area contributed by atoms with Crippen molar-refractivity contribution in [3.8, 4) is 0 Å². The second-order valence-electron chi connectivity index (χ2n) is 22.0. The monoisotopic (exact) mass is 1100 g/mol. The first-order valence-corrected chi connectivity index (χ1v) is 33.4. The Bertz CT molecular complexity index is 1590. The maximum absolute atomic E-state index is 12.9. The molecule has 0 aromatic carbocycles. The molecule has 452 valence electrons. The lowest BCUT2D eigenvalue weighted by Gasteiger charge is -2.18. The molecule has 1 atom stereocenters. The maximum Gasteiger partial charge on any atom is 0.306 e. The minimum absolute atomic E-state index is 0.0891. The molecule has 0 fully saturated rings. The van der Waals surface area contributed by atoms with Crippen LogP contribution in [0.2, 0.25) is 0 Å². The van der Waals surface area contributed by atoms with Crippen LogP contribution in [0.4, 0.5) is 0 Å². The molecular weight excluding hydrogens is 973 g/mol. The smallest absolute Gasteiger partial charge is 0.306 e. The van der Waals surface area contributed by atoms with Gasteiger partial charge in [-0.15, -0.1) is 0 Å². The second-order valence-corrected chi connectivity index (χ2v) is 22.0. The topological polar surface area (TPSA) is 78.9 Å². The zero-order valence-electron chi connectivity index (χ0n) is 51.9. The fraction of sp³-hybridized carbons (Fsp3) is 0.712. The van der Waals surface area contributed by atoms with E-state index < -0.39 is 6.10 Å². The summed E-state index contributed by atoms with van der Waals surface area (Å²) in [5, 5.41) is 0. The molecule has 0 rings (SSSR count). The van der Waals surface area contributed by atoms with Crippen LogP contribution in [0.25, 0.3) is 0 Å². The Labute approximate surface area is 489 Å². The Hall–Kier alpha value is -3.93. The van der Waals surface area contributed by atoms with Gasteiger partial charge in [-0.05, 0) is 128 Å². The minimum atomic E-state index is -0.795. The summed E-state index contributed by atoms with van der Waals surface area (Å²) in [4.78, 5) is 38.4. The standard InChI is InChI=1S/C73H124O6/c1-4-7-10-13-16-19-22-25-28-31-33-34-35-36-37-38-40-42-45-48-51-54-57-60-63-66-72(75)78-69-70(68-77-71(74)65-62-59-56-53-50-47-44-41-30-27-24-21-18-15-12-9-6-3)79-73(76)67-64-61-58-55-52-49-46-43-39-32-29-26-23-20-17-14-11-8-5-2/h8,11,17-18,20-22,25-27,29-31,33,35-36,39,43,70H,4-7,9-10,12-16,19,23-24,28,32,34,37-38,40-42,44-69H2,1-3H3/b11-8-,20-17-,21-18-,25-22-,29-26-,30-27-,33-31-,36-35-,43-39-. The molecule has 0 radical (unpaired) electrons. The van der Waals surface area contributed by atoms with E-state index in [0.29, 0.717) is 19.3 Å². The van der Waals surface area contributed by atoms with E-state index in [4.69, 9.17) is 14.2 Å². The lowest BCUT2D eigenvalue weighted by Crippen LogP contribution is -2.30. The molecule has 0 bridgehead atoms. The molecule has 6 nitrogen and oxygen atoms in total. The maximum atomic E-state index is 12.9. The number of esters is 3. The number of hydrogen-bond donors (Lipinski definition) is 0. The molecule has 0 heterocycles. The van der Waals surface area contributed by atoms with Gasteiger partial charge >= 0.3 is 17.9 Å². The molecule has 0 aromatic heterocycles. The van der Waals surface area contributed by atoms with Crippen LogP contribution in [0.3, 0.4) is 0 Å². The lowest BCUT2D eigenvalue weighted by atomic mass is 10.1. The van der Waals surface area contributed by atoms with E-state index in [2.05, 4.69) is 130 Å². The highest BCUT2D eigenvalue weighted by molar-refractivity contribution is 5.71. The predicted molar refractivity (Wildman–Crippen MR) is 343 cm³/mol. The fourth-order valence-electron chi connectivity index (χ4n) is 9.24. The zero-order valence-corrected chi connectivity index (χ0v) is 51.9. The highest BCUT2D eigenvalue weighted by Gasteiger charge is 2.19. The Balaban J connectivity index is 4.40. The first kappa shape index (κ1) is 75.1. The van der Waals surface area contributed by atoms with Gasteiger partial charge in [-0.3, -0.25) is 14.4 Å². The number of ether oxygens (including phenoxy) is 3. The van der Waals surface area contributed by atoms with Gasteiger partial charge in [0.2, 0.25) is 0 Å². The molecule has 0 aliphatic heterocycles. The second kappa shape index (κ2) is 66.6. The van der Waals surface area contributed by atoms with Gasteiger partial charge < -0.3 is 14.2 Å². The van der Waals surface area contributed by atoms with Crippen molar-refractivity contribution >= 4 is 17.9 Å². The third-order valence-corrected chi connectivity index (χ3v) is 14.2. The van der Waals surface area contributed by atoms with Gasteiger partial charge in [0.25, 0.3) is 0 Å². The van der Waals surface area contributed by atoms with Crippen LogP contribution < -0.4 is 0 Å². The van der Waals surface area contributed by atoms with Gasteiger partial charge in [-0.2, -0.15) is 0 Å². The average Bonchev–Trinajstić information content (AvgIpc) is 3.45. The number of allylic oxidation sites excluding steroid dienone is 18. The molecule has 0 saturated carbocycles. The van der Waals surface area contributed by atoms with Crippen molar-refractivity contribution in [3.63, 3.8) is 0 Å². The van der Waals surface area contributed by atoms with Crippen molar-refractivity contribution < 1.29 is 28.6 Å². The fourth-order valence-corrected chi connectivity index (χ4v) is 9.24. The summed E-state index contributed by atoms with van der Waals surface area (Å²) in [5.74, 6) is -0.905. The first-order chi connectivity index (χ1) is 39.0. The largest absolute Gasteiger partial charge is 0.462 e. The first-order valence-electron chi connectivity index (χ1n) is 33.4. The number of carbonyl (C=O) groups is 3. The lowest BCUT2D eigenvalue weighted by molar-refractivity contribution is -0.167. The Kier molecular flexibility index (Phi) is 63.3. The molecule has 0 saturated heterocycles. The molecule has 0 N–H and O–H groups in total. The van der Waals surface area contributed by atoms with E-state index in [1.54, 1.807) is 0 Å². The molecule has 0 spiro atoms. The van der Waals surface area contributed by atoms with Gasteiger partial charge in [-0.25, -0.2) is 0 Å². The van der Waals surface area contributed by atoms with Crippen molar-refractivity contribution in [2.24, 2.45) is 0 Å². The third-order valence-electron chi connectivity index (χ3n) is 14.2. The van der Waals surface area contributed by atoms with Crippen LogP contribution in [0.1, 0.15) is 316 Å². The van der Waals surface area contributed by atoms with Crippen molar-refractivity contribution in [2.75, 3.05) is 13.2 Å². The molecule has 0 aromatic rings. The molecular formula is C73H124O6. The van der Waals surface area contributed by atoms with Gasteiger partial charge in [0.05, 0.1) is 0 Å². The Morgan fingerprint density at radius 3 is 0.797 bits per heavy atom. The quantitative estimate of drug-likeness (QED) is 0.0261. The van der Waals surface area contributed by atoms with Crippen LogP contribution in [-0.4, -0.2) is 37.2 Å². The van der Waals surface area contributed by atoms with Crippen LogP contribution in [0.5, 0.6) is 0 Å². The van der Waals surface area contributed by atoms with Crippen LogP contribution in [0, 0.1) is 0 Å². The van der Waals surface area contributed by atoms with Gasteiger partial charge in [0.15, 0.2) is 6.10 Å². The molecule has 0 amide bonds. The van der Waals surface area contributed by atoms with Crippen molar-refractivity contribution in [3.05, 3.63) is 109 Å². The van der Waals surface area contributed by atoms with Crippen LogP contribution in [-0.2, 0) is 28.6 Å². The number of rotatable bonds is 60. The number of unbranched alkanes of at least 4 members (excludes halogenated alkanes) is 31. The highest BCUT2D eigenvalue weighted by Crippen LogP contribution is 2.16. The van der Waals surface area contributed by atoms with Gasteiger partial charge in [0.1, 0.15) is 13.2 Å². The normalized spacial score (nSPS) is 12.8. The molecule has 79 heavy (non-hydrogen) atoms. The summed E-state index contributed by atoms with van der Waals surface area (Å²) >= 11 is 0. The highest BCUT2D eigenvalue weighted by atomic mass is 16.6. The van der Waals surface area contributed by atoms with E-state index in [0.717, 1.165) is 122 Å². The summed E-state index contributed by atoms with van der Waals surface area (Å²) in [6, 6.07) is 0. The van der Waals surface area contributed by atoms with Crippen LogP contribution in [0.15, 0.2) is 109 Å². The summed E-state index contributed by atoms with van der Waals surface area (Å²) < 4.78 is 17.0. The van der Waals surface area contributed by atoms with E-state index in [-0.39, 0.29) is 31.1 Å². The third kappa shape index (κ3) is 64.8. The van der Waals surface area contributed by atoms with E-state index in [9.17, 15) is 14.4 Å². The van der Waals surface area contributed by atoms with E-state index in [1.807, 2.05) is 0 Å². The van der Waals surface area contributed by atoms with Crippen molar-refractivity contribution in [1.82, 2.24) is 0 Å². The zero-order chi connectivity index (χ0) is 57.1. The SMILES string of the molecule is CC/C=C\C/C=C\C/C=C\C/C=C\CCCCCCCCC(=O)OC(COC(=O)CCCCCCCCC/C=C\C/C=C\CCCCC)COC(=O)CCCCCCCCCCCC/C=C\C/C=C\C/C=C\CCCCCCC. The molecule has 0 aliphatic rings. The summed E-state index contributed by atoms with van der Waals surface area (Å²) in [6.07, 6.45) is 90.9. The molecule has 1 unspecified atom stereocenters. The summed E-state index contributed by atoms with van der Waals surface area (Å²) in [5.41, 5.74) is 0. The van der Waals surface area contributed by atoms with E-state index >= 15 is 0 Å². The van der Waals surface area contributed by atoms with Crippen LogP contribution >= 0.6 is 0 Å². The summed E-state index contributed by atoms with van der Waals surface area (Å²) in [6.45, 7) is 6.50. The average molecular weight is 1100 g/mol.